The number of carbonyl (C=O) groups excluding carboxylic acids is 1. The molecule has 0 aliphatic heterocycles. The van der Waals surface area contributed by atoms with Crippen molar-refractivity contribution in [1.82, 2.24) is 0 Å². The quantitative estimate of drug-likeness (QED) is 0.478. The van der Waals surface area contributed by atoms with Gasteiger partial charge in [-0.1, -0.05) is 34.1 Å². The normalized spacial score (nSPS) is 11.0. The van der Waals surface area contributed by atoms with E-state index in [1.165, 1.54) is 18.2 Å². The van der Waals surface area contributed by atoms with E-state index in [1.807, 2.05) is 19.1 Å². The van der Waals surface area contributed by atoms with Crippen LogP contribution in [0, 0.1) is 0 Å². The van der Waals surface area contributed by atoms with E-state index in [4.69, 9.17) is 4.74 Å². The Hall–Kier alpha value is -2.84. The first-order valence-corrected chi connectivity index (χ1v) is 11.5. The Morgan fingerprint density at radius 2 is 1.73 bits per heavy atom. The summed E-state index contributed by atoms with van der Waals surface area (Å²) >= 11 is 3.35. The molecular formula is C22H21BrN2O4S. The molecule has 0 bridgehead atoms. The van der Waals surface area contributed by atoms with E-state index < -0.39 is 9.84 Å². The summed E-state index contributed by atoms with van der Waals surface area (Å²) in [7, 11) is -3.77. The standard InChI is InChI=1S/C22H21BrN2O4S/c1-2-29-18-10-12-19(13-11-18)30(27,28)21-9-4-3-8-20(21)24-15-22(26)25-17-7-5-6-16(23)14-17/h3-14,24H,2,15H2,1H3,(H,25,26). The van der Waals surface area contributed by atoms with E-state index in [2.05, 4.69) is 26.6 Å². The van der Waals surface area contributed by atoms with Crippen LogP contribution in [0.1, 0.15) is 6.92 Å². The number of benzene rings is 3. The zero-order valence-electron chi connectivity index (χ0n) is 16.3. The van der Waals surface area contributed by atoms with Crippen molar-refractivity contribution in [2.75, 3.05) is 23.8 Å². The molecule has 3 aromatic rings. The molecule has 3 rings (SSSR count). The first kappa shape index (κ1) is 21.9. The predicted octanol–water partition coefficient (Wildman–Crippen LogP) is 4.73. The van der Waals surface area contributed by atoms with Crippen molar-refractivity contribution >= 4 is 43.0 Å². The molecule has 156 valence electrons. The Bertz CT molecular complexity index is 1130. The van der Waals surface area contributed by atoms with Gasteiger partial charge < -0.3 is 15.4 Å². The summed E-state index contributed by atoms with van der Waals surface area (Å²) in [5.41, 5.74) is 1.00. The highest BCUT2D eigenvalue weighted by Crippen LogP contribution is 2.28. The van der Waals surface area contributed by atoms with Gasteiger partial charge in [0.25, 0.3) is 0 Å². The Morgan fingerprint density at radius 1 is 1.00 bits per heavy atom. The monoisotopic (exact) mass is 488 g/mol. The minimum absolute atomic E-state index is 0.0810. The van der Waals surface area contributed by atoms with E-state index in [0.717, 1.165) is 4.47 Å². The zero-order valence-corrected chi connectivity index (χ0v) is 18.7. The molecule has 0 unspecified atom stereocenters. The highest BCUT2D eigenvalue weighted by Gasteiger charge is 2.21. The largest absolute Gasteiger partial charge is 0.494 e. The summed E-state index contributed by atoms with van der Waals surface area (Å²) in [6.07, 6.45) is 0. The molecule has 0 heterocycles. The Labute approximate surface area is 184 Å². The fourth-order valence-corrected chi connectivity index (χ4v) is 4.64. The maximum absolute atomic E-state index is 13.1. The number of halogens is 1. The third-order valence-electron chi connectivity index (χ3n) is 4.17. The van der Waals surface area contributed by atoms with Gasteiger partial charge in [0.1, 0.15) is 5.75 Å². The lowest BCUT2D eigenvalue weighted by Gasteiger charge is -2.13. The molecule has 0 saturated heterocycles. The van der Waals surface area contributed by atoms with Crippen LogP contribution in [0.25, 0.3) is 0 Å². The maximum atomic E-state index is 13.1. The molecule has 0 radical (unpaired) electrons. The molecule has 6 nitrogen and oxygen atoms in total. The van der Waals surface area contributed by atoms with Gasteiger partial charge in [-0.3, -0.25) is 4.79 Å². The summed E-state index contributed by atoms with van der Waals surface area (Å²) in [5, 5.41) is 5.69. The molecule has 0 aliphatic carbocycles. The molecule has 1 amide bonds. The average Bonchev–Trinajstić information content (AvgIpc) is 2.73. The van der Waals surface area contributed by atoms with Gasteiger partial charge in [0, 0.05) is 10.2 Å². The van der Waals surface area contributed by atoms with Crippen LogP contribution in [0.2, 0.25) is 0 Å². The number of sulfone groups is 1. The first-order chi connectivity index (χ1) is 14.4. The second-order valence-corrected chi connectivity index (χ2v) is 9.15. The van der Waals surface area contributed by atoms with E-state index in [9.17, 15) is 13.2 Å². The van der Waals surface area contributed by atoms with Crippen molar-refractivity contribution in [2.45, 2.75) is 16.7 Å². The van der Waals surface area contributed by atoms with Crippen molar-refractivity contribution in [3.63, 3.8) is 0 Å². The summed E-state index contributed by atoms with van der Waals surface area (Å²) < 4.78 is 32.4. The van der Waals surface area contributed by atoms with E-state index in [0.29, 0.717) is 23.7 Å². The van der Waals surface area contributed by atoms with Crippen LogP contribution in [0.5, 0.6) is 5.75 Å². The second-order valence-electron chi connectivity index (χ2n) is 6.32. The van der Waals surface area contributed by atoms with Gasteiger partial charge in [-0.25, -0.2) is 8.42 Å². The molecular weight excluding hydrogens is 468 g/mol. The van der Waals surface area contributed by atoms with Crippen molar-refractivity contribution < 1.29 is 17.9 Å². The molecule has 0 aliphatic rings. The lowest BCUT2D eigenvalue weighted by atomic mass is 10.3. The highest BCUT2D eigenvalue weighted by atomic mass is 79.9. The Morgan fingerprint density at radius 3 is 2.43 bits per heavy atom. The topological polar surface area (TPSA) is 84.5 Å². The van der Waals surface area contributed by atoms with Gasteiger partial charge in [0.05, 0.1) is 28.6 Å². The van der Waals surface area contributed by atoms with Crippen LogP contribution in [-0.4, -0.2) is 27.5 Å². The van der Waals surface area contributed by atoms with Crippen LogP contribution < -0.4 is 15.4 Å². The number of ether oxygens (including phenoxy) is 1. The van der Waals surface area contributed by atoms with E-state index >= 15 is 0 Å². The minimum atomic E-state index is -3.77. The number of nitrogens with one attached hydrogen (secondary N) is 2. The molecule has 3 aromatic carbocycles. The third-order valence-corrected chi connectivity index (χ3v) is 6.49. The molecule has 0 aromatic heterocycles. The van der Waals surface area contributed by atoms with Crippen molar-refractivity contribution in [2.24, 2.45) is 0 Å². The van der Waals surface area contributed by atoms with Gasteiger partial charge in [0.2, 0.25) is 15.7 Å². The van der Waals surface area contributed by atoms with Crippen LogP contribution in [0.4, 0.5) is 11.4 Å². The van der Waals surface area contributed by atoms with Crippen LogP contribution in [0.15, 0.2) is 87.1 Å². The number of amides is 1. The predicted molar refractivity (Wildman–Crippen MR) is 121 cm³/mol. The number of carbonyl (C=O) groups is 1. The fourth-order valence-electron chi connectivity index (χ4n) is 2.80. The number of anilines is 2. The summed E-state index contributed by atoms with van der Waals surface area (Å²) in [6, 6.07) is 20.0. The third kappa shape index (κ3) is 5.40. The molecule has 0 saturated carbocycles. The molecule has 0 fully saturated rings. The molecule has 0 spiro atoms. The molecule has 8 heteroatoms. The average molecular weight is 489 g/mol. The van der Waals surface area contributed by atoms with E-state index in [1.54, 1.807) is 42.5 Å². The second kappa shape index (κ2) is 9.77. The Kier molecular flexibility index (Phi) is 7.12. The number of hydrogen-bond acceptors (Lipinski definition) is 5. The first-order valence-electron chi connectivity index (χ1n) is 9.26. The van der Waals surface area contributed by atoms with E-state index in [-0.39, 0.29) is 22.2 Å². The highest BCUT2D eigenvalue weighted by molar-refractivity contribution is 9.10. The van der Waals surface area contributed by atoms with Gasteiger partial charge in [0.15, 0.2) is 0 Å². The number of para-hydroxylation sites is 1. The van der Waals surface area contributed by atoms with Crippen LogP contribution >= 0.6 is 15.9 Å². The lowest BCUT2D eigenvalue weighted by Crippen LogP contribution is -2.22. The summed E-state index contributed by atoms with van der Waals surface area (Å²) in [5.74, 6) is 0.313. The number of hydrogen-bond donors (Lipinski definition) is 2. The molecule has 2 N–H and O–H groups in total. The zero-order chi connectivity index (χ0) is 21.6. The van der Waals surface area contributed by atoms with Gasteiger partial charge in [-0.05, 0) is 61.5 Å². The number of rotatable bonds is 8. The summed E-state index contributed by atoms with van der Waals surface area (Å²) in [6.45, 7) is 2.28. The van der Waals surface area contributed by atoms with Crippen LogP contribution in [-0.2, 0) is 14.6 Å². The van der Waals surface area contributed by atoms with Gasteiger partial charge in [-0.2, -0.15) is 0 Å². The van der Waals surface area contributed by atoms with Crippen molar-refractivity contribution in [3.05, 3.63) is 77.3 Å². The van der Waals surface area contributed by atoms with Gasteiger partial charge in [-0.15, -0.1) is 0 Å². The lowest BCUT2D eigenvalue weighted by molar-refractivity contribution is -0.114. The maximum Gasteiger partial charge on any atom is 0.243 e. The SMILES string of the molecule is CCOc1ccc(S(=O)(=O)c2ccccc2NCC(=O)Nc2cccc(Br)c2)cc1. The Balaban J connectivity index is 1.75. The summed E-state index contributed by atoms with van der Waals surface area (Å²) in [4.78, 5) is 12.5. The minimum Gasteiger partial charge on any atom is -0.494 e. The van der Waals surface area contributed by atoms with Gasteiger partial charge >= 0.3 is 0 Å². The molecule has 30 heavy (non-hydrogen) atoms. The smallest absolute Gasteiger partial charge is 0.243 e. The van der Waals surface area contributed by atoms with Crippen molar-refractivity contribution in [1.29, 1.82) is 0 Å². The fraction of sp³-hybridized carbons (Fsp3) is 0.136. The van der Waals surface area contributed by atoms with Crippen LogP contribution in [0.3, 0.4) is 0 Å². The van der Waals surface area contributed by atoms with Crippen molar-refractivity contribution in [3.8, 4) is 5.75 Å². The molecule has 0 atom stereocenters.